The Morgan fingerprint density at radius 3 is 2.56 bits per heavy atom. The Bertz CT molecular complexity index is 1350. The first kappa shape index (κ1) is 26.8. The molecule has 2 fully saturated rings. The summed E-state index contributed by atoms with van der Waals surface area (Å²) in [5.74, 6) is -1.69. The number of amides is 2. The van der Waals surface area contributed by atoms with Crippen LogP contribution in [-0.2, 0) is 22.7 Å². The molecule has 3 aliphatic rings. The second-order valence-corrected chi connectivity index (χ2v) is 11.0. The molecular formula is C26H30F3N5O5. The molecule has 210 valence electrons. The number of rotatable bonds is 4. The Kier molecular flexibility index (Phi) is 6.93. The van der Waals surface area contributed by atoms with E-state index in [1.54, 1.807) is 31.7 Å². The molecule has 0 spiro atoms. The van der Waals surface area contributed by atoms with Crippen LogP contribution in [0.25, 0.3) is 0 Å². The Morgan fingerprint density at radius 1 is 1.08 bits per heavy atom. The first-order valence-corrected chi connectivity index (χ1v) is 12.8. The quantitative estimate of drug-likeness (QED) is 0.578. The lowest BCUT2D eigenvalue weighted by Crippen LogP contribution is -2.57. The van der Waals surface area contributed by atoms with Crippen molar-refractivity contribution in [2.75, 3.05) is 31.1 Å². The SMILES string of the molecule is CC(C)(C)OC(=O)N1C[C@@H](F)C[C@H]1C(=O)N1CCN2c3cc(OCc4ccc(F)c(F)c4)nc(=O)n3C[C@@H]2C1. The van der Waals surface area contributed by atoms with Gasteiger partial charge in [-0.3, -0.25) is 14.3 Å². The van der Waals surface area contributed by atoms with Crippen molar-refractivity contribution in [2.45, 2.75) is 64.2 Å². The molecule has 10 nitrogen and oxygen atoms in total. The molecule has 1 aromatic carbocycles. The van der Waals surface area contributed by atoms with Crippen LogP contribution in [0.2, 0.25) is 0 Å². The number of piperazine rings is 1. The van der Waals surface area contributed by atoms with Crippen molar-refractivity contribution in [3.63, 3.8) is 0 Å². The molecule has 3 atom stereocenters. The van der Waals surface area contributed by atoms with E-state index in [0.29, 0.717) is 31.0 Å². The van der Waals surface area contributed by atoms with E-state index in [-0.39, 0.29) is 43.9 Å². The fourth-order valence-electron chi connectivity index (χ4n) is 5.22. The maximum absolute atomic E-state index is 14.3. The normalized spacial score (nSPS) is 22.5. The summed E-state index contributed by atoms with van der Waals surface area (Å²) in [5, 5.41) is 0. The van der Waals surface area contributed by atoms with Gasteiger partial charge in [-0.25, -0.2) is 22.8 Å². The van der Waals surface area contributed by atoms with Crippen molar-refractivity contribution in [1.29, 1.82) is 0 Å². The molecule has 0 saturated carbocycles. The van der Waals surface area contributed by atoms with E-state index in [0.717, 1.165) is 12.1 Å². The van der Waals surface area contributed by atoms with Gasteiger partial charge >= 0.3 is 11.8 Å². The standard InChI is InChI=1S/C26H30F3N5O5/c1-26(2,3)39-25(37)33-11-16(27)9-20(33)23(35)31-6-7-32-17(12-31)13-34-22(32)10-21(30-24(34)36)38-14-15-4-5-18(28)19(29)8-15/h4-5,8,10,16-17,20H,6-7,9,11-14H2,1-3H3/t16-,17-,20-/m0/s1. The molecule has 0 unspecified atom stereocenters. The van der Waals surface area contributed by atoms with Gasteiger partial charge in [0.2, 0.25) is 11.8 Å². The highest BCUT2D eigenvalue weighted by atomic mass is 19.2. The van der Waals surface area contributed by atoms with E-state index in [1.807, 2.05) is 4.90 Å². The second kappa shape index (κ2) is 10.1. The minimum Gasteiger partial charge on any atom is -0.473 e. The van der Waals surface area contributed by atoms with Crippen LogP contribution in [0.4, 0.5) is 23.8 Å². The number of carbonyl (C=O) groups is 2. The summed E-state index contributed by atoms with van der Waals surface area (Å²) in [5.41, 5.74) is -0.934. The van der Waals surface area contributed by atoms with Crippen LogP contribution < -0.4 is 15.3 Å². The van der Waals surface area contributed by atoms with E-state index in [2.05, 4.69) is 4.98 Å². The molecule has 0 bridgehead atoms. The number of benzene rings is 1. The van der Waals surface area contributed by atoms with Crippen molar-refractivity contribution in [1.82, 2.24) is 19.4 Å². The monoisotopic (exact) mass is 549 g/mol. The maximum Gasteiger partial charge on any atom is 0.411 e. The number of alkyl halides is 1. The number of ether oxygens (including phenoxy) is 2. The molecule has 3 aliphatic heterocycles. The molecule has 39 heavy (non-hydrogen) atoms. The molecule has 2 aromatic rings. The summed E-state index contributed by atoms with van der Waals surface area (Å²) in [7, 11) is 0. The predicted octanol–water partition coefficient (Wildman–Crippen LogP) is 2.48. The predicted molar refractivity (Wildman–Crippen MR) is 133 cm³/mol. The van der Waals surface area contributed by atoms with Crippen molar-refractivity contribution in [2.24, 2.45) is 0 Å². The lowest BCUT2D eigenvalue weighted by Gasteiger charge is -2.40. The molecule has 5 rings (SSSR count). The highest BCUT2D eigenvalue weighted by Gasteiger charge is 2.45. The lowest BCUT2D eigenvalue weighted by molar-refractivity contribution is -0.136. The maximum atomic E-state index is 14.3. The van der Waals surface area contributed by atoms with E-state index in [4.69, 9.17) is 9.47 Å². The first-order valence-electron chi connectivity index (χ1n) is 12.8. The summed E-state index contributed by atoms with van der Waals surface area (Å²) in [6, 6.07) is 3.82. The number of halogens is 3. The van der Waals surface area contributed by atoms with Gasteiger partial charge in [0.1, 0.15) is 30.2 Å². The number of hydrogen-bond donors (Lipinski definition) is 0. The summed E-state index contributed by atoms with van der Waals surface area (Å²) >= 11 is 0. The molecule has 0 aliphatic carbocycles. The van der Waals surface area contributed by atoms with Crippen LogP contribution in [-0.4, -0.2) is 81.4 Å². The third kappa shape index (κ3) is 5.52. The van der Waals surface area contributed by atoms with E-state index in [9.17, 15) is 27.6 Å². The summed E-state index contributed by atoms with van der Waals surface area (Å²) in [6.45, 7) is 6.10. The van der Waals surface area contributed by atoms with Crippen LogP contribution in [0.15, 0.2) is 29.1 Å². The largest absolute Gasteiger partial charge is 0.473 e. The van der Waals surface area contributed by atoms with Gasteiger partial charge in [-0.1, -0.05) is 6.07 Å². The van der Waals surface area contributed by atoms with Crippen molar-refractivity contribution < 1.29 is 32.2 Å². The van der Waals surface area contributed by atoms with Crippen LogP contribution in [0, 0.1) is 11.6 Å². The zero-order valence-corrected chi connectivity index (χ0v) is 21.9. The third-order valence-electron chi connectivity index (χ3n) is 6.98. The molecular weight excluding hydrogens is 519 g/mol. The summed E-state index contributed by atoms with van der Waals surface area (Å²) < 4.78 is 53.4. The van der Waals surface area contributed by atoms with E-state index < -0.39 is 41.2 Å². The second-order valence-electron chi connectivity index (χ2n) is 11.0. The topological polar surface area (TPSA) is 97.2 Å². The van der Waals surface area contributed by atoms with Gasteiger partial charge in [0, 0.05) is 32.1 Å². The van der Waals surface area contributed by atoms with Crippen LogP contribution in [0.3, 0.4) is 0 Å². The minimum atomic E-state index is -1.32. The lowest BCUT2D eigenvalue weighted by atomic mass is 10.1. The Morgan fingerprint density at radius 2 is 1.85 bits per heavy atom. The smallest absolute Gasteiger partial charge is 0.411 e. The highest BCUT2D eigenvalue weighted by molar-refractivity contribution is 5.87. The number of nitrogens with zero attached hydrogens (tertiary/aromatic N) is 5. The summed E-state index contributed by atoms with van der Waals surface area (Å²) in [6.07, 6.45) is -2.13. The Labute approximate surface area is 222 Å². The van der Waals surface area contributed by atoms with Gasteiger partial charge in [0.25, 0.3) is 0 Å². The number of anilines is 1. The van der Waals surface area contributed by atoms with Crippen molar-refractivity contribution >= 4 is 17.8 Å². The number of aromatic nitrogens is 2. The number of carbonyl (C=O) groups excluding carboxylic acids is 2. The number of fused-ring (bicyclic) bond motifs is 3. The Balaban J connectivity index is 1.26. The third-order valence-corrected chi connectivity index (χ3v) is 6.98. The number of hydrogen-bond acceptors (Lipinski definition) is 7. The summed E-state index contributed by atoms with van der Waals surface area (Å²) in [4.78, 5) is 47.5. The van der Waals surface area contributed by atoms with E-state index in [1.165, 1.54) is 15.5 Å². The fraction of sp³-hybridized carbons (Fsp3) is 0.538. The van der Waals surface area contributed by atoms with Crippen molar-refractivity contribution in [3.05, 3.63) is 51.9 Å². The van der Waals surface area contributed by atoms with Crippen LogP contribution >= 0.6 is 0 Å². The molecule has 4 heterocycles. The van der Waals surface area contributed by atoms with Gasteiger partial charge in [0.15, 0.2) is 11.6 Å². The van der Waals surface area contributed by atoms with Gasteiger partial charge in [0.05, 0.1) is 19.1 Å². The average molecular weight is 550 g/mol. The average Bonchev–Trinajstić information content (AvgIpc) is 3.44. The molecule has 0 N–H and O–H groups in total. The van der Waals surface area contributed by atoms with Gasteiger partial charge in [-0.05, 0) is 38.5 Å². The number of likely N-dealkylation sites (tertiary alicyclic amines) is 1. The van der Waals surface area contributed by atoms with Gasteiger partial charge in [-0.15, -0.1) is 0 Å². The molecule has 1 aromatic heterocycles. The molecule has 2 saturated heterocycles. The zero-order valence-electron chi connectivity index (χ0n) is 21.9. The minimum absolute atomic E-state index is 0.0445. The van der Waals surface area contributed by atoms with Gasteiger partial charge < -0.3 is 19.3 Å². The Hall–Kier alpha value is -3.77. The first-order chi connectivity index (χ1) is 18.4. The molecule has 2 amide bonds. The van der Waals surface area contributed by atoms with Crippen molar-refractivity contribution in [3.8, 4) is 5.88 Å². The molecule has 0 radical (unpaired) electrons. The molecule has 13 heteroatoms. The zero-order chi connectivity index (χ0) is 28.1. The van der Waals surface area contributed by atoms with Crippen LogP contribution in [0.5, 0.6) is 5.88 Å². The van der Waals surface area contributed by atoms with E-state index >= 15 is 0 Å². The fourth-order valence-corrected chi connectivity index (χ4v) is 5.22. The van der Waals surface area contributed by atoms with Gasteiger partial charge in [-0.2, -0.15) is 4.98 Å². The van der Waals surface area contributed by atoms with Crippen LogP contribution in [0.1, 0.15) is 32.8 Å². The highest BCUT2D eigenvalue weighted by Crippen LogP contribution is 2.31.